The zero-order valence-electron chi connectivity index (χ0n) is 3.46. The van der Waals surface area contributed by atoms with Crippen molar-refractivity contribution in [3.05, 3.63) is 36.4 Å². The van der Waals surface area contributed by atoms with Crippen molar-refractivity contribution in [1.82, 2.24) is 0 Å². The summed E-state index contributed by atoms with van der Waals surface area (Å²) in [4.78, 5) is 0. The quantitative estimate of drug-likeness (QED) is 0.447. The van der Waals surface area contributed by atoms with Gasteiger partial charge in [0.15, 0.2) is 0 Å². The van der Waals surface area contributed by atoms with Crippen LogP contribution in [0.2, 0.25) is 0 Å². The van der Waals surface area contributed by atoms with Crippen molar-refractivity contribution >= 4 is 118 Å². The Morgan fingerprint density at radius 2 is 0.400 bits per heavy atom. The third-order valence-corrected chi connectivity index (χ3v) is 0.667. The molecule has 0 N–H and O–H groups in total. The Labute approximate surface area is 151 Å². The molecule has 0 aliphatic rings. The molecular weight excluding hydrogens is 164 g/mol. The topological polar surface area (TPSA) is 0 Å². The summed E-state index contributed by atoms with van der Waals surface area (Å²) in [6, 6.07) is 12.0. The maximum Gasteiger partial charge on any atom is -0.0623 e. The van der Waals surface area contributed by atoms with Crippen molar-refractivity contribution in [3.8, 4) is 0 Å². The van der Waals surface area contributed by atoms with Crippen molar-refractivity contribution in [2.24, 2.45) is 0 Å². The number of benzene rings is 1. The molecule has 0 aliphatic heterocycles. The summed E-state index contributed by atoms with van der Waals surface area (Å²) in [5.41, 5.74) is 0. The summed E-state index contributed by atoms with van der Waals surface area (Å²) >= 11 is 0. The molecule has 1 aromatic rings. The van der Waals surface area contributed by atoms with E-state index < -0.39 is 0 Å². The summed E-state index contributed by atoms with van der Waals surface area (Å²) in [5.74, 6) is 0. The van der Waals surface area contributed by atoms with Crippen LogP contribution in [0.3, 0.4) is 0 Å². The van der Waals surface area contributed by atoms with Crippen LogP contribution in [0.5, 0.6) is 0 Å². The van der Waals surface area contributed by atoms with Gasteiger partial charge in [-0.15, -0.1) is 0 Å². The fourth-order valence-corrected chi connectivity index (χ4v) is 0.385. The van der Waals surface area contributed by atoms with E-state index in [2.05, 4.69) is 0 Å². The summed E-state index contributed by atoms with van der Waals surface area (Å²) in [6.45, 7) is 0. The Morgan fingerprint density at radius 3 is 0.500 bits per heavy atom. The van der Waals surface area contributed by atoms with Gasteiger partial charge in [0.25, 0.3) is 0 Å². The Balaban J connectivity index is -0.0000000450. The van der Waals surface area contributed by atoms with Gasteiger partial charge in [-0.3, -0.25) is 0 Å². The molecule has 0 saturated heterocycles. The molecule has 0 heterocycles. The van der Waals surface area contributed by atoms with E-state index in [1.807, 2.05) is 36.4 Å². The number of hydrogen-bond donors (Lipinski definition) is 0. The molecule has 0 aliphatic carbocycles. The van der Waals surface area contributed by atoms with Crippen molar-refractivity contribution < 1.29 is 0 Å². The van der Waals surface area contributed by atoms with Gasteiger partial charge in [0.05, 0.1) is 0 Å². The van der Waals surface area contributed by atoms with Gasteiger partial charge >= 0.3 is 118 Å². The third kappa shape index (κ3) is 13.8. The van der Waals surface area contributed by atoms with E-state index >= 15 is 0 Å². The van der Waals surface area contributed by atoms with Crippen LogP contribution in [0.1, 0.15) is 0 Å². The van der Waals surface area contributed by atoms with E-state index in [9.17, 15) is 0 Å². The SMILES string of the molecule is [NaH].[NaH].[NaH].[NaH].c1ccccc1. The summed E-state index contributed by atoms with van der Waals surface area (Å²) in [5, 5.41) is 0. The number of hydrogen-bond acceptors (Lipinski definition) is 0. The van der Waals surface area contributed by atoms with Gasteiger partial charge in [-0.05, 0) is 0 Å². The van der Waals surface area contributed by atoms with Crippen LogP contribution in [0.4, 0.5) is 0 Å². The largest absolute Gasteiger partial charge is 0.0623 e. The van der Waals surface area contributed by atoms with Crippen molar-refractivity contribution in [1.29, 1.82) is 0 Å². The van der Waals surface area contributed by atoms with Crippen LogP contribution in [0, 0.1) is 0 Å². The fourth-order valence-electron chi connectivity index (χ4n) is 0.385. The summed E-state index contributed by atoms with van der Waals surface area (Å²) in [6.07, 6.45) is 0. The molecule has 0 spiro atoms. The van der Waals surface area contributed by atoms with E-state index in [1.165, 1.54) is 0 Å². The van der Waals surface area contributed by atoms with Crippen LogP contribution in [0.15, 0.2) is 36.4 Å². The normalized spacial score (nSPS) is 4.80. The molecule has 0 unspecified atom stereocenters. The Hall–Kier alpha value is 3.22. The molecule has 0 bridgehead atoms. The first-order chi connectivity index (χ1) is 3.00. The first-order valence-corrected chi connectivity index (χ1v) is 2.00. The molecule has 1 rings (SSSR count). The van der Waals surface area contributed by atoms with E-state index in [0.717, 1.165) is 0 Å². The minimum absolute atomic E-state index is 0. The van der Waals surface area contributed by atoms with Gasteiger partial charge in [0.1, 0.15) is 0 Å². The molecule has 0 fully saturated rings. The van der Waals surface area contributed by atoms with Crippen LogP contribution >= 0.6 is 0 Å². The van der Waals surface area contributed by atoms with E-state index in [-0.39, 0.29) is 118 Å². The summed E-state index contributed by atoms with van der Waals surface area (Å²) in [7, 11) is 0. The molecule has 0 atom stereocenters. The van der Waals surface area contributed by atoms with Gasteiger partial charge in [0, 0.05) is 0 Å². The molecule has 0 saturated carbocycles. The molecule has 38 valence electrons. The van der Waals surface area contributed by atoms with Gasteiger partial charge in [0.2, 0.25) is 0 Å². The molecule has 0 nitrogen and oxygen atoms in total. The van der Waals surface area contributed by atoms with Crippen LogP contribution in [0.25, 0.3) is 0 Å². The molecule has 0 aromatic heterocycles. The van der Waals surface area contributed by atoms with Gasteiger partial charge in [-0.1, -0.05) is 36.4 Å². The van der Waals surface area contributed by atoms with Gasteiger partial charge in [-0.2, -0.15) is 0 Å². The number of rotatable bonds is 0. The maximum absolute atomic E-state index is 2.00. The Morgan fingerprint density at radius 1 is 0.300 bits per heavy atom. The minimum Gasteiger partial charge on any atom is -0.0623 e. The predicted octanol–water partition coefficient (Wildman–Crippen LogP) is -0.907. The fraction of sp³-hybridized carbons (Fsp3) is 0. The maximum atomic E-state index is 2.00. The van der Waals surface area contributed by atoms with E-state index in [0.29, 0.717) is 0 Å². The smallest absolute Gasteiger partial charge is 0.0623 e. The van der Waals surface area contributed by atoms with Crippen LogP contribution in [-0.2, 0) is 0 Å². The monoisotopic (exact) mass is 174 g/mol. The summed E-state index contributed by atoms with van der Waals surface area (Å²) < 4.78 is 0. The molecule has 4 heteroatoms. The zero-order valence-corrected chi connectivity index (χ0v) is 3.46. The van der Waals surface area contributed by atoms with Crippen molar-refractivity contribution in [3.63, 3.8) is 0 Å². The first kappa shape index (κ1) is 23.2. The molecular formula is C6H10Na4. The molecule has 0 radical (unpaired) electrons. The van der Waals surface area contributed by atoms with Gasteiger partial charge in [-0.25, -0.2) is 0 Å². The second kappa shape index (κ2) is 18.1. The second-order valence-electron chi connectivity index (χ2n) is 1.15. The molecule has 10 heavy (non-hydrogen) atoms. The predicted molar refractivity (Wildman–Crippen MR) is 55.0 cm³/mol. The van der Waals surface area contributed by atoms with Gasteiger partial charge < -0.3 is 0 Å². The molecule has 0 amide bonds. The third-order valence-electron chi connectivity index (χ3n) is 0.667. The van der Waals surface area contributed by atoms with E-state index in [1.54, 1.807) is 0 Å². The van der Waals surface area contributed by atoms with Crippen molar-refractivity contribution in [2.75, 3.05) is 0 Å². The Kier molecular flexibility index (Phi) is 42.0. The minimum atomic E-state index is 0. The van der Waals surface area contributed by atoms with Crippen LogP contribution in [-0.4, -0.2) is 118 Å². The average Bonchev–Trinajstić information content (AvgIpc) is 1.72. The standard InChI is InChI=1S/C6H6.4Na.4H/c1-2-4-6-5-3-1;;;;;;;;/h1-6H;;;;;;;;. The van der Waals surface area contributed by atoms with E-state index in [4.69, 9.17) is 0 Å². The second-order valence-corrected chi connectivity index (χ2v) is 1.15. The molecule has 1 aromatic carbocycles. The zero-order chi connectivity index (χ0) is 4.24. The average molecular weight is 174 g/mol. The Bertz CT molecular complexity index is 81.7. The van der Waals surface area contributed by atoms with Crippen LogP contribution < -0.4 is 0 Å². The first-order valence-electron chi connectivity index (χ1n) is 2.00. The van der Waals surface area contributed by atoms with Crippen molar-refractivity contribution in [2.45, 2.75) is 0 Å².